The van der Waals surface area contributed by atoms with Crippen LogP contribution in [0, 0.1) is 13.8 Å². The zero-order chi connectivity index (χ0) is 35.9. The van der Waals surface area contributed by atoms with Crippen molar-refractivity contribution in [1.82, 2.24) is 0 Å². The van der Waals surface area contributed by atoms with E-state index in [1.807, 2.05) is 37.3 Å². The standard InChI is InChI=1S/C32H35N7O8S2/c1-19-16-21(9-12-24(19)36-29(40)8-6-4-3-5-7-15-35-39-34)22-10-13-25(20(2)17-22)37-38-26-14-11-23-27(48(42,43)44)18-28(49(45,46)47)31(33)30(23)32(26)41/h9-14,16-18,41H,3-8,15,33H2,1-2H3,(H,36,40)(H,42,43,44)(H,45,46,47). The number of nitrogen functional groups attached to an aromatic ring is 1. The van der Waals surface area contributed by atoms with Crippen molar-refractivity contribution in [2.45, 2.75) is 62.2 Å². The predicted molar refractivity (Wildman–Crippen MR) is 186 cm³/mol. The first-order valence-corrected chi connectivity index (χ1v) is 18.0. The van der Waals surface area contributed by atoms with Gasteiger partial charge in [-0.1, -0.05) is 42.6 Å². The molecule has 258 valence electrons. The van der Waals surface area contributed by atoms with E-state index in [-0.39, 0.29) is 17.0 Å². The Kier molecular flexibility index (Phi) is 11.6. The second-order valence-corrected chi connectivity index (χ2v) is 14.1. The second-order valence-electron chi connectivity index (χ2n) is 11.3. The van der Waals surface area contributed by atoms with E-state index in [1.54, 1.807) is 13.0 Å². The molecule has 1 amide bonds. The van der Waals surface area contributed by atoms with Crippen molar-refractivity contribution in [3.8, 4) is 16.9 Å². The van der Waals surface area contributed by atoms with Gasteiger partial charge in [-0.2, -0.15) is 21.9 Å². The molecule has 0 aromatic heterocycles. The maximum Gasteiger partial charge on any atom is 0.296 e. The minimum absolute atomic E-state index is 0.0617. The summed E-state index contributed by atoms with van der Waals surface area (Å²) in [4.78, 5) is 13.3. The highest BCUT2D eigenvalue weighted by Crippen LogP contribution is 2.44. The molecule has 4 aromatic rings. The van der Waals surface area contributed by atoms with E-state index in [0.717, 1.165) is 54.4 Å². The molecule has 0 spiro atoms. The van der Waals surface area contributed by atoms with Crippen molar-refractivity contribution in [1.29, 1.82) is 0 Å². The molecule has 0 heterocycles. The maximum absolute atomic E-state index is 12.5. The van der Waals surface area contributed by atoms with Gasteiger partial charge in [-0.15, -0.1) is 5.11 Å². The van der Waals surface area contributed by atoms with Crippen molar-refractivity contribution in [3.05, 3.63) is 76.2 Å². The molecular formula is C32H35N7O8S2. The third-order valence-corrected chi connectivity index (χ3v) is 9.58. The lowest BCUT2D eigenvalue weighted by Crippen LogP contribution is -2.12. The molecule has 0 fully saturated rings. The predicted octanol–water partition coefficient (Wildman–Crippen LogP) is 7.91. The third-order valence-electron chi connectivity index (χ3n) is 7.80. The second kappa shape index (κ2) is 15.4. The Morgan fingerprint density at radius 3 is 2.04 bits per heavy atom. The van der Waals surface area contributed by atoms with Crippen molar-refractivity contribution in [2.24, 2.45) is 15.3 Å². The average molecular weight is 710 g/mol. The number of azide groups is 1. The number of nitrogens with two attached hydrogens (primary N) is 1. The normalized spacial score (nSPS) is 11.9. The number of azo groups is 1. The SMILES string of the molecule is Cc1cc(-c2ccc(NC(=O)CCCCCCCN=[N+]=[N-])c(C)c2)ccc1N=Nc1ccc2c(S(=O)(=O)O)cc(S(=O)(=O)O)c(N)c2c1O. The number of aryl methyl sites for hydroxylation is 2. The fourth-order valence-electron chi connectivity index (χ4n) is 5.26. The highest BCUT2D eigenvalue weighted by Gasteiger charge is 2.26. The fourth-order valence-corrected chi connectivity index (χ4v) is 6.69. The Balaban J connectivity index is 1.49. The molecule has 0 aliphatic heterocycles. The fraction of sp³-hybridized carbons (Fsp3) is 0.281. The first-order valence-electron chi connectivity index (χ1n) is 15.1. The summed E-state index contributed by atoms with van der Waals surface area (Å²) < 4.78 is 66.9. The number of carbonyl (C=O) groups excluding carboxylic acids is 1. The topological polar surface area (TPSA) is 258 Å². The van der Waals surface area contributed by atoms with Crippen molar-refractivity contribution in [3.63, 3.8) is 0 Å². The van der Waals surface area contributed by atoms with E-state index in [0.29, 0.717) is 30.4 Å². The molecule has 0 aliphatic rings. The highest BCUT2D eigenvalue weighted by molar-refractivity contribution is 7.87. The Morgan fingerprint density at radius 1 is 0.816 bits per heavy atom. The van der Waals surface area contributed by atoms with Gasteiger partial charge >= 0.3 is 0 Å². The molecule has 4 rings (SSSR count). The summed E-state index contributed by atoms with van der Waals surface area (Å²) >= 11 is 0. The van der Waals surface area contributed by atoms with Crippen LogP contribution < -0.4 is 11.1 Å². The van der Waals surface area contributed by atoms with E-state index in [1.165, 1.54) is 12.1 Å². The maximum atomic E-state index is 12.5. The summed E-state index contributed by atoms with van der Waals surface area (Å²) in [6.45, 7) is 4.20. The van der Waals surface area contributed by atoms with Gasteiger partial charge in [-0.05, 0) is 90.9 Å². The quantitative estimate of drug-likeness (QED) is 0.0212. The molecule has 0 aliphatic carbocycles. The van der Waals surface area contributed by atoms with Crippen molar-refractivity contribution < 1.29 is 35.8 Å². The van der Waals surface area contributed by atoms with Gasteiger partial charge in [0.05, 0.1) is 16.8 Å². The number of nitrogens with one attached hydrogen (secondary N) is 1. The molecule has 15 nitrogen and oxygen atoms in total. The Hall–Kier alpha value is -5.06. The molecular weight excluding hydrogens is 675 g/mol. The largest absolute Gasteiger partial charge is 0.505 e. The van der Waals surface area contributed by atoms with E-state index < -0.39 is 46.9 Å². The van der Waals surface area contributed by atoms with Gasteiger partial charge in [-0.25, -0.2) is 0 Å². The summed E-state index contributed by atoms with van der Waals surface area (Å²) in [5.41, 5.74) is 17.9. The number of aromatic hydroxyl groups is 1. The van der Waals surface area contributed by atoms with Crippen molar-refractivity contribution >= 4 is 59.7 Å². The number of fused-ring (bicyclic) bond motifs is 1. The molecule has 4 aromatic carbocycles. The third kappa shape index (κ3) is 9.10. The lowest BCUT2D eigenvalue weighted by molar-refractivity contribution is -0.116. The monoisotopic (exact) mass is 709 g/mol. The highest BCUT2D eigenvalue weighted by atomic mass is 32.2. The van der Waals surface area contributed by atoms with Crippen LogP contribution >= 0.6 is 0 Å². The van der Waals surface area contributed by atoms with Crippen LogP contribution in [0.15, 0.2) is 79.7 Å². The van der Waals surface area contributed by atoms with Crippen LogP contribution in [0.4, 0.5) is 22.7 Å². The Bertz CT molecular complexity index is 2220. The van der Waals surface area contributed by atoms with Gasteiger partial charge in [0, 0.05) is 29.0 Å². The van der Waals surface area contributed by atoms with E-state index in [9.17, 15) is 35.8 Å². The van der Waals surface area contributed by atoms with Crippen LogP contribution in [0.1, 0.15) is 49.7 Å². The number of carbonyl (C=O) groups is 1. The molecule has 0 saturated carbocycles. The number of phenols is 1. The minimum atomic E-state index is -5.04. The average Bonchev–Trinajstić information content (AvgIpc) is 3.02. The minimum Gasteiger partial charge on any atom is -0.505 e. The van der Waals surface area contributed by atoms with E-state index >= 15 is 0 Å². The number of rotatable bonds is 14. The number of hydrogen-bond acceptors (Lipinski definition) is 10. The summed E-state index contributed by atoms with van der Waals surface area (Å²) in [6.07, 6.45) is 4.88. The van der Waals surface area contributed by atoms with Crippen LogP contribution in [0.25, 0.3) is 32.3 Å². The number of anilines is 2. The number of amides is 1. The molecule has 0 atom stereocenters. The van der Waals surface area contributed by atoms with Crippen LogP contribution in [0.5, 0.6) is 5.75 Å². The number of unbranched alkanes of at least 4 members (excludes halogenated alkanes) is 4. The van der Waals surface area contributed by atoms with Gasteiger partial charge < -0.3 is 16.2 Å². The van der Waals surface area contributed by atoms with Gasteiger partial charge in [0.2, 0.25) is 5.91 Å². The van der Waals surface area contributed by atoms with Crippen molar-refractivity contribution in [2.75, 3.05) is 17.6 Å². The van der Waals surface area contributed by atoms with Crippen LogP contribution in [-0.4, -0.2) is 43.5 Å². The number of phenolic OH excluding ortho intramolecular Hbond substituents is 1. The molecule has 6 N–H and O–H groups in total. The lowest BCUT2D eigenvalue weighted by Gasteiger charge is -2.13. The Labute approximate surface area is 283 Å². The summed E-state index contributed by atoms with van der Waals surface area (Å²) in [6, 6.07) is 14.0. The van der Waals surface area contributed by atoms with Gasteiger partial charge in [-0.3, -0.25) is 13.9 Å². The summed E-state index contributed by atoms with van der Waals surface area (Å²) in [5, 5.41) is 24.9. The van der Waals surface area contributed by atoms with E-state index in [2.05, 4.69) is 25.6 Å². The number of hydrogen-bond donors (Lipinski definition) is 5. The van der Waals surface area contributed by atoms with Crippen LogP contribution in [0.2, 0.25) is 0 Å². The molecule has 49 heavy (non-hydrogen) atoms. The molecule has 0 bridgehead atoms. The molecule has 0 unspecified atom stereocenters. The van der Waals surface area contributed by atoms with Gasteiger partial charge in [0.25, 0.3) is 20.2 Å². The number of benzene rings is 4. The first kappa shape index (κ1) is 36.8. The smallest absolute Gasteiger partial charge is 0.296 e. The lowest BCUT2D eigenvalue weighted by atomic mass is 10.00. The zero-order valence-corrected chi connectivity index (χ0v) is 28.3. The van der Waals surface area contributed by atoms with E-state index in [4.69, 9.17) is 11.3 Å². The summed E-state index contributed by atoms with van der Waals surface area (Å²) in [5.74, 6) is -0.779. The zero-order valence-electron chi connectivity index (χ0n) is 26.7. The van der Waals surface area contributed by atoms with Crippen LogP contribution in [-0.2, 0) is 25.0 Å². The molecule has 17 heteroatoms. The Morgan fingerprint density at radius 2 is 1.41 bits per heavy atom. The van der Waals surface area contributed by atoms with Crippen LogP contribution in [0.3, 0.4) is 0 Å². The molecule has 0 radical (unpaired) electrons. The summed E-state index contributed by atoms with van der Waals surface area (Å²) in [7, 11) is -10.0. The molecule has 0 saturated heterocycles. The van der Waals surface area contributed by atoms with Gasteiger partial charge in [0.15, 0.2) is 5.75 Å². The van der Waals surface area contributed by atoms with Gasteiger partial charge in [0.1, 0.15) is 15.5 Å². The number of nitrogens with zero attached hydrogens (tertiary/aromatic N) is 5. The first-order chi connectivity index (χ1) is 23.1.